The van der Waals surface area contributed by atoms with Crippen molar-refractivity contribution in [3.05, 3.63) is 72.3 Å². The molecule has 4 rings (SSSR count). The normalized spacial score (nSPS) is 12.8. The standard InChI is InChI=1S/C25H26N2O7S/c1-31-20-9-11-22(32-2)24(15-20)35(29,30)27(16-18-6-4-3-5-7-18)17-25(28)26-19-8-10-21-23(14-19)34-13-12-33-21/h3-11,14-15H,12-13,16-17H2,1-2H3,(H,26,28). The van der Waals surface area contributed by atoms with Crippen LogP contribution in [0.25, 0.3) is 0 Å². The van der Waals surface area contributed by atoms with Crippen molar-refractivity contribution in [3.63, 3.8) is 0 Å². The van der Waals surface area contributed by atoms with Gasteiger partial charge in [0.15, 0.2) is 11.5 Å². The summed E-state index contributed by atoms with van der Waals surface area (Å²) in [6.45, 7) is 0.429. The molecule has 10 heteroatoms. The first-order valence-electron chi connectivity index (χ1n) is 10.9. The van der Waals surface area contributed by atoms with E-state index in [1.807, 2.05) is 18.2 Å². The van der Waals surface area contributed by atoms with E-state index in [9.17, 15) is 13.2 Å². The molecule has 0 saturated carbocycles. The number of ether oxygens (including phenoxy) is 4. The maximum absolute atomic E-state index is 13.7. The molecular weight excluding hydrogens is 472 g/mol. The van der Waals surface area contributed by atoms with Crippen LogP contribution in [0.1, 0.15) is 5.56 Å². The second kappa shape index (κ2) is 10.7. The van der Waals surface area contributed by atoms with Gasteiger partial charge in [-0.25, -0.2) is 8.42 Å². The highest BCUT2D eigenvalue weighted by Gasteiger charge is 2.30. The Bertz CT molecular complexity index is 1300. The van der Waals surface area contributed by atoms with E-state index in [1.165, 1.54) is 26.4 Å². The first-order valence-corrected chi connectivity index (χ1v) is 12.3. The Morgan fingerprint density at radius 3 is 2.40 bits per heavy atom. The lowest BCUT2D eigenvalue weighted by Crippen LogP contribution is -2.37. The van der Waals surface area contributed by atoms with Gasteiger partial charge in [-0.05, 0) is 29.8 Å². The number of methoxy groups -OCH3 is 2. The van der Waals surface area contributed by atoms with Crippen molar-refractivity contribution in [1.29, 1.82) is 0 Å². The maximum Gasteiger partial charge on any atom is 0.247 e. The summed E-state index contributed by atoms with van der Waals surface area (Å²) >= 11 is 0. The zero-order chi connectivity index (χ0) is 24.8. The van der Waals surface area contributed by atoms with E-state index in [0.717, 1.165) is 9.87 Å². The molecule has 0 spiro atoms. The number of carbonyl (C=O) groups excluding carboxylic acids is 1. The molecule has 9 nitrogen and oxygen atoms in total. The highest BCUT2D eigenvalue weighted by Crippen LogP contribution is 2.33. The predicted octanol–water partition coefficient (Wildman–Crippen LogP) is 3.30. The minimum Gasteiger partial charge on any atom is -0.497 e. The lowest BCUT2D eigenvalue weighted by molar-refractivity contribution is -0.116. The van der Waals surface area contributed by atoms with Gasteiger partial charge >= 0.3 is 0 Å². The number of nitrogens with zero attached hydrogens (tertiary/aromatic N) is 1. The van der Waals surface area contributed by atoms with Crippen LogP contribution in [-0.4, -0.2) is 52.6 Å². The quantitative estimate of drug-likeness (QED) is 0.483. The largest absolute Gasteiger partial charge is 0.497 e. The van der Waals surface area contributed by atoms with Crippen molar-refractivity contribution in [2.45, 2.75) is 11.4 Å². The zero-order valence-corrected chi connectivity index (χ0v) is 20.2. The molecule has 0 bridgehead atoms. The molecule has 0 radical (unpaired) electrons. The fourth-order valence-corrected chi connectivity index (χ4v) is 5.17. The molecule has 0 atom stereocenters. The number of nitrogens with one attached hydrogen (secondary N) is 1. The van der Waals surface area contributed by atoms with Gasteiger partial charge < -0.3 is 24.3 Å². The van der Waals surface area contributed by atoms with Crippen LogP contribution < -0.4 is 24.3 Å². The van der Waals surface area contributed by atoms with E-state index in [1.54, 1.807) is 36.4 Å². The maximum atomic E-state index is 13.7. The lowest BCUT2D eigenvalue weighted by atomic mass is 10.2. The topological polar surface area (TPSA) is 103 Å². The van der Waals surface area contributed by atoms with E-state index in [-0.39, 0.29) is 17.2 Å². The number of hydrogen-bond acceptors (Lipinski definition) is 7. The van der Waals surface area contributed by atoms with E-state index < -0.39 is 22.5 Å². The molecule has 1 amide bonds. The lowest BCUT2D eigenvalue weighted by Gasteiger charge is -2.23. The Labute approximate surface area is 204 Å². The Morgan fingerprint density at radius 2 is 1.69 bits per heavy atom. The average molecular weight is 499 g/mol. The number of sulfonamides is 1. The van der Waals surface area contributed by atoms with Gasteiger partial charge in [0.05, 0.1) is 20.8 Å². The van der Waals surface area contributed by atoms with Gasteiger partial charge in [0.2, 0.25) is 15.9 Å². The number of fused-ring (bicyclic) bond motifs is 1. The van der Waals surface area contributed by atoms with Crippen molar-refractivity contribution in [2.24, 2.45) is 0 Å². The van der Waals surface area contributed by atoms with Crippen LogP contribution in [0.5, 0.6) is 23.0 Å². The predicted molar refractivity (Wildman–Crippen MR) is 130 cm³/mol. The molecule has 0 unspecified atom stereocenters. The molecular formula is C25H26N2O7S. The Kier molecular flexibility index (Phi) is 7.42. The Balaban J connectivity index is 1.62. The highest BCUT2D eigenvalue weighted by molar-refractivity contribution is 7.89. The van der Waals surface area contributed by atoms with E-state index in [4.69, 9.17) is 18.9 Å². The van der Waals surface area contributed by atoms with Crippen LogP contribution in [0.15, 0.2) is 71.6 Å². The summed E-state index contributed by atoms with van der Waals surface area (Å²) in [4.78, 5) is 12.9. The number of rotatable bonds is 9. The number of benzene rings is 3. The van der Waals surface area contributed by atoms with Crippen molar-refractivity contribution >= 4 is 21.6 Å². The fourth-order valence-electron chi connectivity index (χ4n) is 3.62. The molecule has 1 heterocycles. The number of hydrogen-bond donors (Lipinski definition) is 1. The molecule has 0 aromatic heterocycles. The van der Waals surface area contributed by atoms with Crippen LogP contribution in [0, 0.1) is 0 Å². The summed E-state index contributed by atoms with van der Waals surface area (Å²) in [5.41, 5.74) is 1.19. The molecule has 3 aromatic carbocycles. The molecule has 1 aliphatic rings. The third kappa shape index (κ3) is 5.67. The smallest absolute Gasteiger partial charge is 0.247 e. The molecule has 3 aromatic rings. The number of anilines is 1. The molecule has 1 N–H and O–H groups in total. The van der Waals surface area contributed by atoms with Crippen molar-refractivity contribution in [2.75, 3.05) is 39.3 Å². The Morgan fingerprint density at radius 1 is 0.943 bits per heavy atom. The highest BCUT2D eigenvalue weighted by atomic mass is 32.2. The third-order valence-corrected chi connectivity index (χ3v) is 7.15. The second-order valence-corrected chi connectivity index (χ2v) is 9.59. The van der Waals surface area contributed by atoms with Crippen LogP contribution >= 0.6 is 0 Å². The molecule has 35 heavy (non-hydrogen) atoms. The van der Waals surface area contributed by atoms with Gasteiger partial charge in [-0.15, -0.1) is 0 Å². The van der Waals surface area contributed by atoms with Gasteiger partial charge in [0, 0.05) is 24.4 Å². The fraction of sp³-hybridized carbons (Fsp3) is 0.240. The van der Waals surface area contributed by atoms with Crippen LogP contribution in [0.4, 0.5) is 5.69 Å². The van der Waals surface area contributed by atoms with Crippen molar-refractivity contribution in [3.8, 4) is 23.0 Å². The van der Waals surface area contributed by atoms with Gasteiger partial charge in [0.1, 0.15) is 29.6 Å². The summed E-state index contributed by atoms with van der Waals surface area (Å²) < 4.78 is 50.1. The zero-order valence-electron chi connectivity index (χ0n) is 19.4. The second-order valence-electron chi connectivity index (χ2n) is 7.68. The van der Waals surface area contributed by atoms with Gasteiger partial charge in [-0.1, -0.05) is 30.3 Å². The molecule has 0 saturated heterocycles. The minimum absolute atomic E-state index is 0.0158. The molecule has 1 aliphatic heterocycles. The Hall–Kier alpha value is -3.76. The summed E-state index contributed by atoms with van der Waals surface area (Å²) in [5.74, 6) is 1.10. The average Bonchev–Trinajstić information content (AvgIpc) is 2.88. The van der Waals surface area contributed by atoms with Crippen LogP contribution in [0.3, 0.4) is 0 Å². The van der Waals surface area contributed by atoms with E-state index in [2.05, 4.69) is 5.32 Å². The van der Waals surface area contributed by atoms with E-state index in [0.29, 0.717) is 36.1 Å². The summed E-state index contributed by atoms with van der Waals surface area (Å²) in [5, 5.41) is 2.75. The monoisotopic (exact) mass is 498 g/mol. The van der Waals surface area contributed by atoms with Gasteiger partial charge in [-0.3, -0.25) is 4.79 Å². The molecule has 0 aliphatic carbocycles. The van der Waals surface area contributed by atoms with Crippen LogP contribution in [0.2, 0.25) is 0 Å². The van der Waals surface area contributed by atoms with Crippen LogP contribution in [-0.2, 0) is 21.4 Å². The first kappa shape index (κ1) is 24.4. The number of carbonyl (C=O) groups is 1. The molecule has 0 fully saturated rings. The summed E-state index contributed by atoms with van der Waals surface area (Å²) in [7, 11) is -1.32. The summed E-state index contributed by atoms with van der Waals surface area (Å²) in [6.07, 6.45) is 0. The third-order valence-electron chi connectivity index (χ3n) is 5.34. The SMILES string of the molecule is COc1ccc(OC)c(S(=O)(=O)N(CC(=O)Nc2ccc3c(c2)OCCO3)Cc2ccccc2)c1. The first-order chi connectivity index (χ1) is 16.9. The van der Waals surface area contributed by atoms with Crippen molar-refractivity contribution in [1.82, 2.24) is 4.31 Å². The van der Waals surface area contributed by atoms with Gasteiger partial charge in [0.25, 0.3) is 0 Å². The molecule has 184 valence electrons. The number of amides is 1. The summed E-state index contributed by atoms with van der Waals surface area (Å²) in [6, 6.07) is 18.6. The minimum atomic E-state index is -4.15. The van der Waals surface area contributed by atoms with Gasteiger partial charge in [-0.2, -0.15) is 4.31 Å². The van der Waals surface area contributed by atoms with E-state index >= 15 is 0 Å². The van der Waals surface area contributed by atoms with Crippen molar-refractivity contribution < 1.29 is 32.2 Å².